The first kappa shape index (κ1) is 15.4. The first-order valence-corrected chi connectivity index (χ1v) is 7.27. The van der Waals surface area contributed by atoms with Crippen molar-refractivity contribution in [3.63, 3.8) is 0 Å². The molecule has 0 saturated carbocycles. The Hall–Kier alpha value is -2.02. The van der Waals surface area contributed by atoms with Gasteiger partial charge in [0, 0.05) is 11.6 Å². The van der Waals surface area contributed by atoms with E-state index in [1.807, 2.05) is 13.8 Å². The van der Waals surface area contributed by atoms with Crippen LogP contribution in [0.3, 0.4) is 0 Å². The van der Waals surface area contributed by atoms with Gasteiger partial charge in [0.2, 0.25) is 0 Å². The van der Waals surface area contributed by atoms with Crippen LogP contribution in [0.5, 0.6) is 11.5 Å². The molecule has 2 N–H and O–H groups in total. The molecule has 1 aromatic carbocycles. The molecule has 0 aromatic heterocycles. The topological polar surface area (TPSA) is 76.7 Å². The molecule has 7 heteroatoms. The number of nitrogens with one attached hydrogen (secondary N) is 2. The molecule has 3 amide bonds. The van der Waals surface area contributed by atoms with Gasteiger partial charge in [-0.1, -0.05) is 0 Å². The van der Waals surface area contributed by atoms with Gasteiger partial charge >= 0.3 is 6.03 Å². The third-order valence-corrected chi connectivity index (χ3v) is 3.30. The zero-order valence-corrected chi connectivity index (χ0v) is 13.2. The summed E-state index contributed by atoms with van der Waals surface area (Å²) < 4.78 is 11.8. The second-order valence-electron chi connectivity index (χ2n) is 4.15. The van der Waals surface area contributed by atoms with Gasteiger partial charge in [-0.15, -0.1) is 0 Å². The van der Waals surface area contributed by atoms with Crippen LogP contribution in [0.15, 0.2) is 22.3 Å². The molecule has 1 heterocycles. The molecule has 6 nitrogen and oxygen atoms in total. The number of urea groups is 1. The highest BCUT2D eigenvalue weighted by Gasteiger charge is 2.23. The molecule has 112 valence electrons. The van der Waals surface area contributed by atoms with Crippen molar-refractivity contribution >= 4 is 33.9 Å². The third-order valence-electron chi connectivity index (χ3n) is 2.68. The molecule has 0 radical (unpaired) electrons. The van der Waals surface area contributed by atoms with Gasteiger partial charge in [-0.05, 0) is 41.9 Å². The van der Waals surface area contributed by atoms with Crippen molar-refractivity contribution in [2.45, 2.75) is 13.8 Å². The number of hydrogen-bond donors (Lipinski definition) is 2. The SMILES string of the molecule is CCOc1cc(OCC)c(/C=C2/NC(=O)NC2=O)cc1Br. The number of carbonyl (C=O) groups is 2. The molecule has 21 heavy (non-hydrogen) atoms. The third kappa shape index (κ3) is 3.55. The Labute approximate surface area is 130 Å². The molecule has 1 saturated heterocycles. The van der Waals surface area contributed by atoms with Crippen LogP contribution in [0.25, 0.3) is 6.08 Å². The van der Waals surface area contributed by atoms with Crippen molar-refractivity contribution in [2.75, 3.05) is 13.2 Å². The van der Waals surface area contributed by atoms with E-state index in [4.69, 9.17) is 9.47 Å². The Morgan fingerprint density at radius 2 is 1.76 bits per heavy atom. The second kappa shape index (κ2) is 6.62. The zero-order chi connectivity index (χ0) is 15.4. The predicted molar refractivity (Wildman–Crippen MR) is 81.1 cm³/mol. The zero-order valence-electron chi connectivity index (χ0n) is 11.7. The molecule has 1 fully saturated rings. The molecule has 0 bridgehead atoms. The second-order valence-corrected chi connectivity index (χ2v) is 5.01. The molecule has 0 atom stereocenters. The molecule has 0 aliphatic carbocycles. The number of amides is 3. The largest absolute Gasteiger partial charge is 0.493 e. The average Bonchev–Trinajstić information content (AvgIpc) is 2.73. The normalized spacial score (nSPS) is 15.9. The van der Waals surface area contributed by atoms with E-state index < -0.39 is 11.9 Å². The van der Waals surface area contributed by atoms with Crippen molar-refractivity contribution in [3.8, 4) is 11.5 Å². The summed E-state index contributed by atoms with van der Waals surface area (Å²) >= 11 is 3.41. The minimum Gasteiger partial charge on any atom is -0.493 e. The van der Waals surface area contributed by atoms with Crippen molar-refractivity contribution in [1.29, 1.82) is 0 Å². The van der Waals surface area contributed by atoms with Crippen molar-refractivity contribution < 1.29 is 19.1 Å². The van der Waals surface area contributed by atoms with E-state index in [0.717, 1.165) is 4.47 Å². The Morgan fingerprint density at radius 3 is 2.33 bits per heavy atom. The summed E-state index contributed by atoms with van der Waals surface area (Å²) in [4.78, 5) is 22.7. The molecular weight excluding hydrogens is 340 g/mol. The Kier molecular flexibility index (Phi) is 4.85. The van der Waals surface area contributed by atoms with Gasteiger partial charge in [-0.25, -0.2) is 4.79 Å². The molecule has 1 aliphatic rings. The monoisotopic (exact) mass is 354 g/mol. The number of rotatable bonds is 5. The summed E-state index contributed by atoms with van der Waals surface area (Å²) in [6, 6.07) is 2.99. The maximum Gasteiger partial charge on any atom is 0.326 e. The van der Waals surface area contributed by atoms with E-state index in [-0.39, 0.29) is 5.70 Å². The highest BCUT2D eigenvalue weighted by atomic mass is 79.9. The quantitative estimate of drug-likeness (QED) is 0.628. The number of benzene rings is 1. The number of halogens is 1. The van der Waals surface area contributed by atoms with Gasteiger partial charge in [0.15, 0.2) is 0 Å². The highest BCUT2D eigenvalue weighted by molar-refractivity contribution is 9.10. The lowest BCUT2D eigenvalue weighted by atomic mass is 10.1. The lowest BCUT2D eigenvalue weighted by Gasteiger charge is -2.12. The van der Waals surface area contributed by atoms with Gasteiger partial charge in [-0.2, -0.15) is 0 Å². The van der Waals surface area contributed by atoms with Gasteiger partial charge < -0.3 is 14.8 Å². The highest BCUT2D eigenvalue weighted by Crippen LogP contribution is 2.34. The predicted octanol–water partition coefficient (Wildman–Crippen LogP) is 2.43. The standard InChI is InChI=1S/C14H15BrN2O4/c1-3-20-11-7-12(21-4-2)9(15)5-8(11)6-10-13(18)17-14(19)16-10/h5-7H,3-4H2,1-2H3,(H2,16,17,18,19)/b10-6+. The van der Waals surface area contributed by atoms with Crippen molar-refractivity contribution in [3.05, 3.63) is 27.9 Å². The van der Waals surface area contributed by atoms with Gasteiger partial charge in [0.25, 0.3) is 5.91 Å². The summed E-state index contributed by atoms with van der Waals surface area (Å²) in [5.74, 6) is 0.765. The van der Waals surface area contributed by atoms with E-state index in [2.05, 4.69) is 26.6 Å². The Balaban J connectivity index is 2.42. The summed E-state index contributed by atoms with van der Waals surface area (Å²) in [7, 11) is 0. The van der Waals surface area contributed by atoms with Gasteiger partial charge in [0.1, 0.15) is 17.2 Å². The van der Waals surface area contributed by atoms with E-state index in [0.29, 0.717) is 30.3 Å². The summed E-state index contributed by atoms with van der Waals surface area (Å²) in [5.41, 5.74) is 0.844. The van der Waals surface area contributed by atoms with E-state index >= 15 is 0 Å². The fourth-order valence-electron chi connectivity index (χ4n) is 1.85. The fraction of sp³-hybridized carbons (Fsp3) is 0.286. The van der Waals surface area contributed by atoms with Gasteiger partial charge in [0.05, 0.1) is 17.7 Å². The minimum absolute atomic E-state index is 0.178. The first-order chi connectivity index (χ1) is 10.0. The lowest BCUT2D eigenvalue weighted by Crippen LogP contribution is -2.22. The summed E-state index contributed by atoms with van der Waals surface area (Å²) in [6.45, 7) is 4.76. The van der Waals surface area contributed by atoms with Crippen LogP contribution in [0, 0.1) is 0 Å². The summed E-state index contributed by atoms with van der Waals surface area (Å²) in [5, 5.41) is 4.59. The Bertz CT molecular complexity index is 613. The van der Waals surface area contributed by atoms with Crippen LogP contribution < -0.4 is 20.1 Å². The van der Waals surface area contributed by atoms with E-state index in [9.17, 15) is 9.59 Å². The fourth-order valence-corrected chi connectivity index (χ4v) is 2.32. The molecule has 1 aliphatic heterocycles. The van der Waals surface area contributed by atoms with Crippen LogP contribution in [0.1, 0.15) is 19.4 Å². The molecule has 1 aromatic rings. The smallest absolute Gasteiger partial charge is 0.326 e. The van der Waals surface area contributed by atoms with E-state index in [1.54, 1.807) is 18.2 Å². The molecule has 2 rings (SSSR count). The number of hydrogen-bond acceptors (Lipinski definition) is 4. The average molecular weight is 355 g/mol. The lowest BCUT2D eigenvalue weighted by molar-refractivity contribution is -0.115. The number of ether oxygens (including phenoxy) is 2. The number of carbonyl (C=O) groups excluding carboxylic acids is 2. The first-order valence-electron chi connectivity index (χ1n) is 6.48. The summed E-state index contributed by atoms with van der Waals surface area (Å²) in [6.07, 6.45) is 1.56. The Morgan fingerprint density at radius 1 is 1.10 bits per heavy atom. The van der Waals surface area contributed by atoms with E-state index in [1.165, 1.54) is 0 Å². The minimum atomic E-state index is -0.533. The van der Waals surface area contributed by atoms with Crippen LogP contribution in [0.4, 0.5) is 4.79 Å². The van der Waals surface area contributed by atoms with Crippen LogP contribution in [0.2, 0.25) is 0 Å². The van der Waals surface area contributed by atoms with Crippen LogP contribution in [-0.4, -0.2) is 25.2 Å². The van der Waals surface area contributed by atoms with Crippen LogP contribution >= 0.6 is 15.9 Å². The maximum absolute atomic E-state index is 11.6. The molecule has 0 spiro atoms. The molecule has 0 unspecified atom stereocenters. The maximum atomic E-state index is 11.6. The van der Waals surface area contributed by atoms with Crippen molar-refractivity contribution in [2.24, 2.45) is 0 Å². The van der Waals surface area contributed by atoms with Gasteiger partial charge in [-0.3, -0.25) is 10.1 Å². The van der Waals surface area contributed by atoms with Crippen molar-refractivity contribution in [1.82, 2.24) is 10.6 Å². The van der Waals surface area contributed by atoms with Crippen LogP contribution in [-0.2, 0) is 4.79 Å². The molecular formula is C14H15BrN2O4. The number of imide groups is 1.